The van der Waals surface area contributed by atoms with Crippen LogP contribution in [0, 0.1) is 0 Å². The molecule has 1 aromatic rings. The molecule has 1 rings (SSSR count). The summed E-state index contributed by atoms with van der Waals surface area (Å²) in [6.45, 7) is 13.2. The third-order valence-corrected chi connectivity index (χ3v) is 8.87. The van der Waals surface area contributed by atoms with E-state index in [1.807, 2.05) is 37.3 Å². The summed E-state index contributed by atoms with van der Waals surface area (Å²) in [6, 6.07) is 9.80. The first-order valence-electron chi connectivity index (χ1n) is 8.82. The van der Waals surface area contributed by atoms with Crippen molar-refractivity contribution in [3.05, 3.63) is 35.9 Å². The van der Waals surface area contributed by atoms with Crippen LogP contribution in [-0.2, 0) is 25.3 Å². The van der Waals surface area contributed by atoms with Crippen LogP contribution in [0.4, 0.5) is 0 Å². The predicted molar refractivity (Wildman–Crippen MR) is 102 cm³/mol. The predicted octanol–water partition coefficient (Wildman–Crippen LogP) is 4.35. The minimum Gasteiger partial charge on any atom is -0.469 e. The highest BCUT2D eigenvalue weighted by atomic mass is 28.4. The molecule has 0 aromatic heterocycles. The fourth-order valence-corrected chi connectivity index (χ4v) is 3.00. The molecular weight excluding hydrogens is 334 g/mol. The van der Waals surface area contributed by atoms with Gasteiger partial charge in [0.25, 0.3) is 0 Å². The summed E-state index contributed by atoms with van der Waals surface area (Å²) in [5, 5.41) is 1.59. The molecule has 6 heteroatoms. The van der Waals surface area contributed by atoms with Gasteiger partial charge in [-0.05, 0) is 37.0 Å². The summed E-state index contributed by atoms with van der Waals surface area (Å²) in [5.41, 5.74) is 1.12. The van der Waals surface area contributed by atoms with E-state index in [0.29, 0.717) is 13.0 Å². The van der Waals surface area contributed by atoms with Crippen molar-refractivity contribution in [3.8, 4) is 0 Å². The Morgan fingerprint density at radius 3 is 2.28 bits per heavy atom. The molecule has 142 valence electrons. The third-order valence-electron chi connectivity index (χ3n) is 4.62. The van der Waals surface area contributed by atoms with Crippen LogP contribution in [0.1, 0.15) is 39.7 Å². The smallest absolute Gasteiger partial charge is 0.307 e. The highest BCUT2D eigenvalue weighted by molar-refractivity contribution is 6.74. The second kappa shape index (κ2) is 9.47. The van der Waals surface area contributed by atoms with Crippen LogP contribution in [0.15, 0.2) is 30.3 Å². The number of esters is 1. The van der Waals surface area contributed by atoms with Gasteiger partial charge in [-0.2, -0.15) is 0 Å². The van der Waals surface area contributed by atoms with Crippen molar-refractivity contribution in [2.75, 3.05) is 13.7 Å². The fourth-order valence-electron chi connectivity index (χ4n) is 2.08. The number of ether oxygens (including phenoxy) is 1. The van der Waals surface area contributed by atoms with Gasteiger partial charge in [-0.25, -0.2) is 0 Å². The molecule has 0 amide bonds. The van der Waals surface area contributed by atoms with E-state index in [2.05, 4.69) is 33.9 Å². The molecule has 0 aliphatic rings. The van der Waals surface area contributed by atoms with Gasteiger partial charge in [-0.15, -0.1) is 0 Å². The number of methoxy groups -OCH3 is 1. The Hall–Kier alpha value is -1.21. The summed E-state index contributed by atoms with van der Waals surface area (Å²) in [4.78, 5) is 17.7. The van der Waals surface area contributed by atoms with Crippen molar-refractivity contribution >= 4 is 14.3 Å². The van der Waals surface area contributed by atoms with E-state index in [1.165, 1.54) is 7.11 Å². The molecule has 0 saturated heterocycles. The van der Waals surface area contributed by atoms with E-state index >= 15 is 0 Å². The maximum absolute atomic E-state index is 11.9. The number of benzene rings is 1. The van der Waals surface area contributed by atoms with E-state index in [4.69, 9.17) is 14.1 Å². The summed E-state index contributed by atoms with van der Waals surface area (Å²) >= 11 is 0. The summed E-state index contributed by atoms with van der Waals surface area (Å²) in [5.74, 6) is -0.274. The van der Waals surface area contributed by atoms with Crippen LogP contribution in [-0.4, -0.2) is 39.3 Å². The molecule has 0 bridgehead atoms. The Kier molecular flexibility index (Phi) is 8.27. The molecule has 0 N–H and O–H groups in total. The molecule has 0 fully saturated rings. The standard InChI is InChI=1S/C19H33NO4Si/c1-8-23-20(24-25(6,7)19(2,3)4)17(15-18(21)22-5)14-16-12-10-9-11-13-16/h9-13,17H,8,14-15H2,1-7H3. The zero-order valence-corrected chi connectivity index (χ0v) is 17.7. The molecule has 0 spiro atoms. The van der Waals surface area contributed by atoms with Gasteiger partial charge in [-0.3, -0.25) is 9.63 Å². The van der Waals surface area contributed by atoms with Gasteiger partial charge in [0, 0.05) is 0 Å². The number of nitrogens with zero attached hydrogens (tertiary/aromatic N) is 1. The van der Waals surface area contributed by atoms with Crippen LogP contribution in [0.25, 0.3) is 0 Å². The minimum atomic E-state index is -2.10. The summed E-state index contributed by atoms with van der Waals surface area (Å²) in [7, 11) is -0.693. The first kappa shape index (κ1) is 21.8. The van der Waals surface area contributed by atoms with Gasteiger partial charge < -0.3 is 9.26 Å². The van der Waals surface area contributed by atoms with Gasteiger partial charge in [0.15, 0.2) is 0 Å². The van der Waals surface area contributed by atoms with Crippen molar-refractivity contribution in [3.63, 3.8) is 0 Å². The Labute approximate surface area is 153 Å². The molecule has 1 atom stereocenters. The summed E-state index contributed by atoms with van der Waals surface area (Å²) in [6.07, 6.45) is 0.852. The normalized spacial score (nSPS) is 13.8. The second-order valence-electron chi connectivity index (χ2n) is 7.68. The molecule has 0 saturated carbocycles. The number of rotatable bonds is 9. The van der Waals surface area contributed by atoms with Gasteiger partial charge in [0.1, 0.15) is 0 Å². The number of hydrogen-bond acceptors (Lipinski definition) is 5. The Balaban J connectivity index is 3.05. The fraction of sp³-hybridized carbons (Fsp3) is 0.632. The lowest BCUT2D eigenvalue weighted by molar-refractivity contribution is -0.346. The molecule has 0 aliphatic heterocycles. The van der Waals surface area contributed by atoms with Crippen molar-refractivity contribution in [2.24, 2.45) is 0 Å². The van der Waals surface area contributed by atoms with Crippen LogP contribution >= 0.6 is 0 Å². The lowest BCUT2D eigenvalue weighted by Gasteiger charge is -2.41. The summed E-state index contributed by atoms with van der Waals surface area (Å²) < 4.78 is 11.2. The lowest BCUT2D eigenvalue weighted by Crippen LogP contribution is -2.50. The Morgan fingerprint density at radius 2 is 1.80 bits per heavy atom. The van der Waals surface area contributed by atoms with Crippen LogP contribution in [0.2, 0.25) is 18.1 Å². The molecule has 25 heavy (non-hydrogen) atoms. The van der Waals surface area contributed by atoms with Gasteiger partial charge in [0.2, 0.25) is 8.32 Å². The lowest BCUT2D eigenvalue weighted by atomic mass is 10.0. The zero-order chi connectivity index (χ0) is 19.1. The maximum Gasteiger partial charge on any atom is 0.307 e. The van der Waals surface area contributed by atoms with E-state index < -0.39 is 8.32 Å². The number of hydrogen-bond donors (Lipinski definition) is 0. The molecular formula is C19H33NO4Si. The maximum atomic E-state index is 11.9. The molecule has 5 nitrogen and oxygen atoms in total. The Bertz CT molecular complexity index is 528. The molecule has 0 radical (unpaired) electrons. The minimum absolute atomic E-state index is 0.0327. The number of carbonyl (C=O) groups is 1. The van der Waals surface area contributed by atoms with Gasteiger partial charge in [-0.1, -0.05) is 56.3 Å². The molecule has 1 unspecified atom stereocenters. The second-order valence-corrected chi connectivity index (χ2v) is 12.4. The Morgan fingerprint density at radius 1 is 1.20 bits per heavy atom. The highest BCUT2D eigenvalue weighted by Gasteiger charge is 2.41. The van der Waals surface area contributed by atoms with Crippen molar-refractivity contribution < 1.29 is 18.9 Å². The van der Waals surface area contributed by atoms with Gasteiger partial charge >= 0.3 is 5.97 Å². The van der Waals surface area contributed by atoms with E-state index in [9.17, 15) is 4.79 Å². The van der Waals surface area contributed by atoms with Crippen molar-refractivity contribution in [2.45, 2.75) is 64.7 Å². The van der Waals surface area contributed by atoms with E-state index in [0.717, 1.165) is 5.56 Å². The average Bonchev–Trinajstić information content (AvgIpc) is 2.53. The SMILES string of the molecule is CCON(O[Si](C)(C)C(C)(C)C)C(CC(=O)OC)Cc1ccccc1. The third kappa shape index (κ3) is 6.90. The molecule has 0 heterocycles. The van der Waals surface area contributed by atoms with Crippen LogP contribution in [0.3, 0.4) is 0 Å². The van der Waals surface area contributed by atoms with E-state index in [1.54, 1.807) is 5.23 Å². The van der Waals surface area contributed by atoms with Crippen molar-refractivity contribution in [1.82, 2.24) is 5.23 Å². The molecule has 0 aliphatic carbocycles. The van der Waals surface area contributed by atoms with Crippen LogP contribution < -0.4 is 0 Å². The van der Waals surface area contributed by atoms with Crippen molar-refractivity contribution in [1.29, 1.82) is 0 Å². The number of carbonyl (C=O) groups excluding carboxylic acids is 1. The first-order chi connectivity index (χ1) is 11.6. The molecule has 1 aromatic carbocycles. The quantitative estimate of drug-likeness (QED) is 0.369. The number of hydroxylamine groups is 2. The van der Waals surface area contributed by atoms with Gasteiger partial charge in [0.05, 0.1) is 26.2 Å². The van der Waals surface area contributed by atoms with E-state index in [-0.39, 0.29) is 23.5 Å². The average molecular weight is 368 g/mol. The zero-order valence-electron chi connectivity index (χ0n) is 16.7. The first-order valence-corrected chi connectivity index (χ1v) is 11.7. The topological polar surface area (TPSA) is 48.0 Å². The monoisotopic (exact) mass is 367 g/mol. The van der Waals surface area contributed by atoms with Crippen LogP contribution in [0.5, 0.6) is 0 Å². The largest absolute Gasteiger partial charge is 0.469 e. The highest BCUT2D eigenvalue weighted by Crippen LogP contribution is 2.37.